The Morgan fingerprint density at radius 2 is 1.93 bits per heavy atom. The van der Waals surface area contributed by atoms with Gasteiger partial charge in [0.15, 0.2) is 0 Å². The van der Waals surface area contributed by atoms with Crippen LogP contribution in [0.3, 0.4) is 0 Å². The third kappa shape index (κ3) is 2.70. The summed E-state index contributed by atoms with van der Waals surface area (Å²) in [6.45, 7) is 0.129. The highest BCUT2D eigenvalue weighted by atomic mass is 19.4. The van der Waals surface area contributed by atoms with Crippen molar-refractivity contribution >= 4 is 0 Å². The van der Waals surface area contributed by atoms with Gasteiger partial charge in [0.1, 0.15) is 0 Å². The van der Waals surface area contributed by atoms with E-state index in [2.05, 4.69) is 5.32 Å². The Balaban J connectivity index is 3.17. The van der Waals surface area contributed by atoms with E-state index in [1.54, 1.807) is 13.1 Å². The fraction of sp³-hybridized carbons (Fsp3) is 0.400. The van der Waals surface area contributed by atoms with Crippen molar-refractivity contribution in [2.45, 2.75) is 12.2 Å². The molecule has 5 heteroatoms. The molecule has 0 heterocycles. The molecule has 3 N–H and O–H groups in total. The minimum Gasteiger partial charge on any atom is -0.329 e. The minimum absolute atomic E-state index is 0.129. The van der Waals surface area contributed by atoms with E-state index in [1.807, 2.05) is 0 Å². The van der Waals surface area contributed by atoms with Crippen molar-refractivity contribution in [2.24, 2.45) is 5.73 Å². The van der Waals surface area contributed by atoms with Crippen molar-refractivity contribution in [3.05, 3.63) is 35.4 Å². The number of rotatable bonds is 3. The van der Waals surface area contributed by atoms with Gasteiger partial charge < -0.3 is 11.1 Å². The second-order valence-electron chi connectivity index (χ2n) is 3.16. The van der Waals surface area contributed by atoms with Gasteiger partial charge >= 0.3 is 6.18 Å². The van der Waals surface area contributed by atoms with Gasteiger partial charge in [-0.05, 0) is 18.7 Å². The van der Waals surface area contributed by atoms with Crippen molar-refractivity contribution in [3.8, 4) is 0 Å². The number of halogens is 3. The number of hydrogen-bond donors (Lipinski definition) is 2. The molecule has 0 aliphatic rings. The molecule has 1 aromatic carbocycles. The van der Waals surface area contributed by atoms with Gasteiger partial charge in [-0.1, -0.05) is 18.2 Å². The monoisotopic (exact) mass is 218 g/mol. The lowest BCUT2D eigenvalue weighted by atomic mass is 10.00. The van der Waals surface area contributed by atoms with Crippen LogP contribution in [0.2, 0.25) is 0 Å². The first-order valence-corrected chi connectivity index (χ1v) is 4.54. The molecule has 15 heavy (non-hydrogen) atoms. The Morgan fingerprint density at radius 1 is 1.33 bits per heavy atom. The normalized spacial score (nSPS) is 13.9. The summed E-state index contributed by atoms with van der Waals surface area (Å²) in [6, 6.07) is 4.98. The summed E-state index contributed by atoms with van der Waals surface area (Å²) in [5, 5.41) is 2.76. The Labute approximate surface area is 86.3 Å². The van der Waals surface area contributed by atoms with Crippen molar-refractivity contribution in [1.29, 1.82) is 0 Å². The zero-order valence-electron chi connectivity index (χ0n) is 8.31. The smallest absolute Gasteiger partial charge is 0.329 e. The Morgan fingerprint density at radius 3 is 2.40 bits per heavy atom. The summed E-state index contributed by atoms with van der Waals surface area (Å²) in [4.78, 5) is 0. The van der Waals surface area contributed by atoms with Gasteiger partial charge in [0.05, 0.1) is 5.56 Å². The summed E-state index contributed by atoms with van der Waals surface area (Å²) in [7, 11) is 1.59. The van der Waals surface area contributed by atoms with Crippen LogP contribution in [-0.4, -0.2) is 13.6 Å². The van der Waals surface area contributed by atoms with E-state index >= 15 is 0 Å². The first-order chi connectivity index (χ1) is 7.00. The van der Waals surface area contributed by atoms with Crippen molar-refractivity contribution in [3.63, 3.8) is 0 Å². The molecular formula is C10H13F3N2. The van der Waals surface area contributed by atoms with Crippen LogP contribution in [0.1, 0.15) is 17.2 Å². The van der Waals surface area contributed by atoms with Crippen LogP contribution in [0.5, 0.6) is 0 Å². The number of nitrogens with two attached hydrogens (primary N) is 1. The molecule has 0 amide bonds. The molecule has 0 radical (unpaired) electrons. The molecule has 84 valence electrons. The number of likely N-dealkylation sites (N-methyl/N-ethyl adjacent to an activating group) is 1. The van der Waals surface area contributed by atoms with E-state index in [0.717, 1.165) is 6.07 Å². The average molecular weight is 218 g/mol. The lowest BCUT2D eigenvalue weighted by Crippen LogP contribution is -2.27. The topological polar surface area (TPSA) is 38.0 Å². The molecular weight excluding hydrogens is 205 g/mol. The van der Waals surface area contributed by atoms with Crippen LogP contribution in [0.4, 0.5) is 13.2 Å². The Kier molecular flexibility index (Phi) is 3.71. The van der Waals surface area contributed by atoms with Gasteiger partial charge in [0.2, 0.25) is 0 Å². The summed E-state index contributed by atoms with van der Waals surface area (Å²) in [5.74, 6) is 0. The molecule has 0 aromatic heterocycles. The third-order valence-corrected chi connectivity index (χ3v) is 2.23. The highest BCUT2D eigenvalue weighted by Crippen LogP contribution is 2.34. The van der Waals surface area contributed by atoms with Crippen LogP contribution in [0.15, 0.2) is 24.3 Å². The molecule has 0 unspecified atom stereocenters. The predicted molar refractivity (Wildman–Crippen MR) is 52.3 cm³/mol. The van der Waals surface area contributed by atoms with Crippen LogP contribution >= 0.6 is 0 Å². The summed E-state index contributed by atoms with van der Waals surface area (Å²) >= 11 is 0. The largest absolute Gasteiger partial charge is 0.416 e. The first-order valence-electron chi connectivity index (χ1n) is 4.54. The van der Waals surface area contributed by atoms with E-state index in [1.165, 1.54) is 12.1 Å². The van der Waals surface area contributed by atoms with Gasteiger partial charge in [-0.3, -0.25) is 0 Å². The molecule has 1 atom stereocenters. The van der Waals surface area contributed by atoms with Crippen molar-refractivity contribution < 1.29 is 13.2 Å². The van der Waals surface area contributed by atoms with Crippen LogP contribution in [-0.2, 0) is 6.18 Å². The second-order valence-corrected chi connectivity index (χ2v) is 3.16. The second kappa shape index (κ2) is 4.63. The fourth-order valence-corrected chi connectivity index (χ4v) is 1.46. The molecule has 1 aromatic rings. The van der Waals surface area contributed by atoms with E-state index in [-0.39, 0.29) is 12.1 Å². The lowest BCUT2D eigenvalue weighted by Gasteiger charge is -2.19. The molecule has 0 saturated carbocycles. The number of nitrogens with one attached hydrogen (secondary N) is 1. The standard InChI is InChI=1S/C10H13F3N2/c1-15-9(6-14)7-4-2-3-5-8(7)10(11,12)13/h2-5,9,15H,6,14H2,1H3/t9-/m0/s1. The SMILES string of the molecule is CN[C@@H](CN)c1ccccc1C(F)(F)F. The minimum atomic E-state index is -4.33. The van der Waals surface area contributed by atoms with Gasteiger partial charge in [0, 0.05) is 12.6 Å². The Hall–Kier alpha value is -1.07. The van der Waals surface area contributed by atoms with E-state index in [9.17, 15) is 13.2 Å². The molecule has 0 bridgehead atoms. The molecule has 2 nitrogen and oxygen atoms in total. The Bertz CT molecular complexity index is 319. The molecule has 1 rings (SSSR count). The molecule has 0 fully saturated rings. The average Bonchev–Trinajstić information content (AvgIpc) is 2.19. The van der Waals surface area contributed by atoms with E-state index < -0.39 is 17.8 Å². The maximum absolute atomic E-state index is 12.6. The summed E-state index contributed by atoms with van der Waals surface area (Å²) < 4.78 is 37.8. The van der Waals surface area contributed by atoms with Crippen molar-refractivity contribution in [1.82, 2.24) is 5.32 Å². The van der Waals surface area contributed by atoms with Gasteiger partial charge in [-0.25, -0.2) is 0 Å². The number of benzene rings is 1. The quantitative estimate of drug-likeness (QED) is 0.813. The fourth-order valence-electron chi connectivity index (χ4n) is 1.46. The van der Waals surface area contributed by atoms with Crippen LogP contribution in [0.25, 0.3) is 0 Å². The van der Waals surface area contributed by atoms with Crippen LogP contribution in [0, 0.1) is 0 Å². The molecule has 0 aliphatic heterocycles. The molecule has 0 saturated heterocycles. The molecule has 0 spiro atoms. The van der Waals surface area contributed by atoms with Gasteiger partial charge in [0.25, 0.3) is 0 Å². The van der Waals surface area contributed by atoms with Crippen molar-refractivity contribution in [2.75, 3.05) is 13.6 Å². The highest BCUT2D eigenvalue weighted by molar-refractivity contribution is 5.32. The van der Waals surface area contributed by atoms with E-state index in [4.69, 9.17) is 5.73 Å². The van der Waals surface area contributed by atoms with E-state index in [0.29, 0.717) is 0 Å². The molecule has 0 aliphatic carbocycles. The van der Waals surface area contributed by atoms with Gasteiger partial charge in [-0.2, -0.15) is 13.2 Å². The third-order valence-electron chi connectivity index (χ3n) is 2.23. The first kappa shape index (κ1) is 12.0. The predicted octanol–water partition coefficient (Wildman–Crippen LogP) is 1.92. The zero-order chi connectivity index (χ0) is 11.5. The lowest BCUT2D eigenvalue weighted by molar-refractivity contribution is -0.138. The number of alkyl halides is 3. The summed E-state index contributed by atoms with van der Waals surface area (Å²) in [6.07, 6.45) is -4.33. The van der Waals surface area contributed by atoms with Crippen LogP contribution < -0.4 is 11.1 Å². The van der Waals surface area contributed by atoms with Gasteiger partial charge in [-0.15, -0.1) is 0 Å². The summed E-state index contributed by atoms with van der Waals surface area (Å²) in [5.41, 5.74) is 4.96. The number of hydrogen-bond acceptors (Lipinski definition) is 2. The maximum atomic E-state index is 12.6. The maximum Gasteiger partial charge on any atom is 0.416 e. The highest BCUT2D eigenvalue weighted by Gasteiger charge is 2.34. The zero-order valence-corrected chi connectivity index (χ0v) is 8.31.